The summed E-state index contributed by atoms with van der Waals surface area (Å²) < 4.78 is 41.5. The maximum atomic E-state index is 13.0. The molecule has 2 aliphatic rings. The molecule has 0 bridgehead atoms. The molecular weight excluding hydrogens is 409 g/mol. The van der Waals surface area contributed by atoms with Gasteiger partial charge in [-0.2, -0.15) is 13.2 Å². The highest BCUT2D eigenvalue weighted by atomic mass is 19.4. The lowest BCUT2D eigenvalue weighted by Gasteiger charge is -2.23. The van der Waals surface area contributed by atoms with Crippen molar-refractivity contribution in [2.75, 3.05) is 6.61 Å². The number of rotatable bonds is 8. The Morgan fingerprint density at radius 3 is 2.10 bits per heavy atom. The van der Waals surface area contributed by atoms with Gasteiger partial charge in [0.1, 0.15) is 5.75 Å². The fraction of sp³-hybridized carbons (Fsp3) is 0.391. The van der Waals surface area contributed by atoms with Crippen molar-refractivity contribution in [2.45, 2.75) is 50.5 Å². The van der Waals surface area contributed by atoms with E-state index in [1.54, 1.807) is 17.0 Å². The third-order valence-electron chi connectivity index (χ3n) is 5.23. The van der Waals surface area contributed by atoms with Gasteiger partial charge in [0.2, 0.25) is 0 Å². The number of amides is 2. The minimum Gasteiger partial charge on any atom is -0.484 e. The Hall–Kier alpha value is -3.03. The summed E-state index contributed by atoms with van der Waals surface area (Å²) in [5, 5.41) is 2.94. The fourth-order valence-electron chi connectivity index (χ4n) is 3.23. The maximum absolute atomic E-state index is 13.0. The molecule has 0 aromatic heterocycles. The molecule has 2 saturated carbocycles. The average molecular weight is 432 g/mol. The summed E-state index contributed by atoms with van der Waals surface area (Å²) in [6.07, 6.45) is -0.526. The van der Waals surface area contributed by atoms with Crippen LogP contribution in [0, 0.1) is 0 Å². The molecule has 2 fully saturated rings. The molecule has 8 heteroatoms. The first-order valence-electron chi connectivity index (χ1n) is 10.3. The van der Waals surface area contributed by atoms with Crippen LogP contribution >= 0.6 is 0 Å². The average Bonchev–Trinajstić information content (AvgIpc) is 3.65. The second-order valence-electron chi connectivity index (χ2n) is 8.04. The van der Waals surface area contributed by atoms with Crippen LogP contribution in [0.15, 0.2) is 48.5 Å². The van der Waals surface area contributed by atoms with E-state index in [0.717, 1.165) is 31.2 Å². The topological polar surface area (TPSA) is 58.6 Å². The van der Waals surface area contributed by atoms with Crippen molar-refractivity contribution in [1.82, 2.24) is 10.2 Å². The van der Waals surface area contributed by atoms with Gasteiger partial charge in [0.25, 0.3) is 11.8 Å². The smallest absolute Gasteiger partial charge is 0.422 e. The molecule has 0 saturated heterocycles. The summed E-state index contributed by atoms with van der Waals surface area (Å²) in [6.45, 7) is -0.969. The lowest BCUT2D eigenvalue weighted by atomic mass is 10.1. The standard InChI is InChI=1S/C23H23F3N2O3/c24-23(25,26)14-31-20-11-5-17(6-12-20)22(30)28(19-9-10-19)13-15-1-3-16(4-2-15)21(29)27-18-7-8-18/h1-6,11-12,18-19H,7-10,13-14H2,(H,27,29). The van der Waals surface area contributed by atoms with Gasteiger partial charge in [0, 0.05) is 29.8 Å². The first kappa shape index (κ1) is 21.2. The summed E-state index contributed by atoms with van der Waals surface area (Å²) >= 11 is 0. The van der Waals surface area contributed by atoms with Crippen LogP contribution in [0.1, 0.15) is 52.0 Å². The van der Waals surface area contributed by atoms with Crippen LogP contribution < -0.4 is 10.1 Å². The van der Waals surface area contributed by atoms with E-state index in [4.69, 9.17) is 4.74 Å². The quantitative estimate of drug-likeness (QED) is 0.676. The third-order valence-corrected chi connectivity index (χ3v) is 5.23. The largest absolute Gasteiger partial charge is 0.484 e. The first-order chi connectivity index (χ1) is 14.8. The molecule has 2 amide bonds. The molecule has 0 spiro atoms. The predicted molar refractivity (Wildman–Crippen MR) is 108 cm³/mol. The second-order valence-corrected chi connectivity index (χ2v) is 8.04. The molecule has 0 aliphatic heterocycles. The zero-order chi connectivity index (χ0) is 22.0. The highest BCUT2D eigenvalue weighted by Crippen LogP contribution is 2.30. The van der Waals surface area contributed by atoms with E-state index >= 15 is 0 Å². The predicted octanol–water partition coefficient (Wildman–Crippen LogP) is 4.32. The number of nitrogens with zero attached hydrogens (tertiary/aromatic N) is 1. The van der Waals surface area contributed by atoms with Crippen LogP contribution in [0.4, 0.5) is 13.2 Å². The van der Waals surface area contributed by atoms with Crippen LogP contribution in [0.3, 0.4) is 0 Å². The van der Waals surface area contributed by atoms with Crippen molar-refractivity contribution in [2.24, 2.45) is 0 Å². The van der Waals surface area contributed by atoms with E-state index in [0.29, 0.717) is 23.7 Å². The van der Waals surface area contributed by atoms with Crippen molar-refractivity contribution < 1.29 is 27.5 Å². The van der Waals surface area contributed by atoms with Gasteiger partial charge in [-0.3, -0.25) is 9.59 Å². The highest BCUT2D eigenvalue weighted by molar-refractivity contribution is 5.95. The zero-order valence-electron chi connectivity index (χ0n) is 16.8. The Bertz CT molecular complexity index is 934. The van der Waals surface area contributed by atoms with Crippen LogP contribution in [-0.2, 0) is 6.54 Å². The minimum absolute atomic E-state index is 0.0620. The normalized spacial score (nSPS) is 16.0. The molecule has 0 atom stereocenters. The Kier molecular flexibility index (Phi) is 5.89. The Balaban J connectivity index is 1.39. The number of carbonyl (C=O) groups is 2. The van der Waals surface area contributed by atoms with Crippen molar-refractivity contribution in [3.8, 4) is 5.75 Å². The molecule has 5 nitrogen and oxygen atoms in total. The molecule has 2 aromatic rings. The summed E-state index contributed by atoms with van der Waals surface area (Å²) in [7, 11) is 0. The molecule has 2 aliphatic carbocycles. The van der Waals surface area contributed by atoms with Crippen LogP contribution in [0.25, 0.3) is 0 Å². The maximum Gasteiger partial charge on any atom is 0.422 e. The molecule has 2 aromatic carbocycles. The summed E-state index contributed by atoms with van der Waals surface area (Å²) in [4.78, 5) is 26.9. The molecule has 4 rings (SSSR count). The van der Waals surface area contributed by atoms with Gasteiger partial charge in [-0.1, -0.05) is 12.1 Å². The van der Waals surface area contributed by atoms with Crippen molar-refractivity contribution >= 4 is 11.8 Å². The molecule has 0 radical (unpaired) electrons. The molecule has 1 N–H and O–H groups in total. The Morgan fingerprint density at radius 1 is 0.935 bits per heavy atom. The minimum atomic E-state index is -4.41. The lowest BCUT2D eigenvalue weighted by molar-refractivity contribution is -0.153. The van der Waals surface area contributed by atoms with E-state index in [1.165, 1.54) is 24.3 Å². The number of benzene rings is 2. The van der Waals surface area contributed by atoms with E-state index < -0.39 is 12.8 Å². The highest BCUT2D eigenvalue weighted by Gasteiger charge is 2.33. The summed E-state index contributed by atoms with van der Waals surface area (Å²) in [5.74, 6) is -0.204. The zero-order valence-corrected chi connectivity index (χ0v) is 16.8. The van der Waals surface area contributed by atoms with Crippen LogP contribution in [0.2, 0.25) is 0 Å². The Morgan fingerprint density at radius 2 is 1.55 bits per heavy atom. The molecule has 0 unspecified atom stereocenters. The monoisotopic (exact) mass is 432 g/mol. The third kappa shape index (κ3) is 5.99. The lowest BCUT2D eigenvalue weighted by Crippen LogP contribution is -2.32. The van der Waals surface area contributed by atoms with Crippen molar-refractivity contribution in [1.29, 1.82) is 0 Å². The van der Waals surface area contributed by atoms with Crippen LogP contribution in [-0.4, -0.2) is 41.6 Å². The molecule has 31 heavy (non-hydrogen) atoms. The fourth-order valence-corrected chi connectivity index (χ4v) is 3.23. The second kappa shape index (κ2) is 8.61. The summed E-state index contributed by atoms with van der Waals surface area (Å²) in [6, 6.07) is 13.4. The molecular formula is C23H23F3N2O3. The van der Waals surface area contributed by atoms with E-state index in [-0.39, 0.29) is 23.6 Å². The number of carbonyl (C=O) groups excluding carboxylic acids is 2. The Labute approximate surface area is 178 Å². The van der Waals surface area contributed by atoms with Gasteiger partial charge < -0.3 is 15.0 Å². The van der Waals surface area contributed by atoms with Crippen molar-refractivity contribution in [3.63, 3.8) is 0 Å². The number of hydrogen-bond acceptors (Lipinski definition) is 3. The number of nitrogens with one attached hydrogen (secondary N) is 1. The van der Waals surface area contributed by atoms with E-state index in [2.05, 4.69) is 5.32 Å². The van der Waals surface area contributed by atoms with Crippen molar-refractivity contribution in [3.05, 3.63) is 65.2 Å². The molecule has 164 valence electrons. The van der Waals surface area contributed by atoms with Gasteiger partial charge in [-0.05, 0) is 67.6 Å². The summed E-state index contributed by atoms with van der Waals surface area (Å²) in [5.41, 5.74) is 1.90. The van der Waals surface area contributed by atoms with Gasteiger partial charge in [-0.15, -0.1) is 0 Å². The SMILES string of the molecule is O=C(NC1CC1)c1ccc(CN(C(=O)c2ccc(OCC(F)(F)F)cc2)C2CC2)cc1. The van der Waals surface area contributed by atoms with Gasteiger partial charge in [-0.25, -0.2) is 0 Å². The number of ether oxygens (including phenoxy) is 1. The van der Waals surface area contributed by atoms with Gasteiger partial charge in [0.05, 0.1) is 0 Å². The van der Waals surface area contributed by atoms with E-state index in [9.17, 15) is 22.8 Å². The van der Waals surface area contributed by atoms with Gasteiger partial charge in [0.15, 0.2) is 6.61 Å². The number of hydrogen-bond donors (Lipinski definition) is 1. The molecule has 0 heterocycles. The first-order valence-corrected chi connectivity index (χ1v) is 10.3. The van der Waals surface area contributed by atoms with Gasteiger partial charge >= 0.3 is 6.18 Å². The van der Waals surface area contributed by atoms with E-state index in [1.807, 2.05) is 12.1 Å². The van der Waals surface area contributed by atoms with Crippen LogP contribution in [0.5, 0.6) is 5.75 Å². The number of alkyl halides is 3. The number of halogens is 3.